The molecule has 0 bridgehead atoms. The number of ketones is 1. The molecule has 0 amide bonds. The molecule has 0 fully saturated rings. The summed E-state index contributed by atoms with van der Waals surface area (Å²) < 4.78 is 12.0. The van der Waals surface area contributed by atoms with Gasteiger partial charge in [-0.2, -0.15) is 0 Å². The standard InChI is InChI=1S/C13H10O3.C12H10O3S/c14-11-5-1-9(2-6-11)13(16)10-3-7-12(15)8-4-10;13-9-1-5-11(6-2-9)16(15)12-7-3-10(14)4-8-12/h1-8,14-15H;1-8,13-14H. The Bertz CT molecular complexity index is 1010. The number of hydrogen-bond acceptors (Lipinski definition) is 6. The highest BCUT2D eigenvalue weighted by molar-refractivity contribution is 7.85. The van der Waals surface area contributed by atoms with Gasteiger partial charge in [0, 0.05) is 20.9 Å². The fraction of sp³-hybridized carbons (Fsp3) is 0. The molecule has 0 aliphatic carbocycles. The summed E-state index contributed by atoms with van der Waals surface area (Å²) in [5.74, 6) is 0.405. The molecule has 4 aromatic carbocycles. The molecule has 0 unspecified atom stereocenters. The highest BCUT2D eigenvalue weighted by Crippen LogP contribution is 2.20. The maximum atomic E-state index is 12.0. The van der Waals surface area contributed by atoms with Gasteiger partial charge in [0.05, 0.1) is 10.8 Å². The van der Waals surface area contributed by atoms with Crippen molar-refractivity contribution in [3.05, 3.63) is 108 Å². The lowest BCUT2D eigenvalue weighted by Crippen LogP contribution is -2.00. The van der Waals surface area contributed by atoms with Gasteiger partial charge in [-0.05, 0) is 97.1 Å². The van der Waals surface area contributed by atoms with E-state index in [4.69, 9.17) is 20.4 Å². The summed E-state index contributed by atoms with van der Waals surface area (Å²) in [6.45, 7) is 0. The lowest BCUT2D eigenvalue weighted by atomic mass is 10.0. The van der Waals surface area contributed by atoms with Gasteiger partial charge in [0.2, 0.25) is 0 Å². The van der Waals surface area contributed by atoms with Crippen LogP contribution in [0.15, 0.2) is 107 Å². The normalized spacial score (nSPS) is 10.3. The minimum Gasteiger partial charge on any atom is -0.508 e. The third-order valence-electron chi connectivity index (χ3n) is 4.36. The monoisotopic (exact) mass is 448 g/mol. The largest absolute Gasteiger partial charge is 0.508 e. The van der Waals surface area contributed by atoms with Crippen LogP contribution in [0.5, 0.6) is 23.0 Å². The summed E-state index contributed by atoms with van der Waals surface area (Å²) in [6, 6.07) is 24.5. The molecular formula is C25H20O6S. The predicted octanol–water partition coefficient (Wildman–Crippen LogP) is 4.59. The van der Waals surface area contributed by atoms with Gasteiger partial charge in [0.15, 0.2) is 5.78 Å². The summed E-state index contributed by atoms with van der Waals surface area (Å²) in [6.07, 6.45) is 0. The van der Waals surface area contributed by atoms with Crippen LogP contribution in [-0.2, 0) is 10.8 Å². The van der Waals surface area contributed by atoms with Crippen molar-refractivity contribution in [2.24, 2.45) is 0 Å². The zero-order valence-electron chi connectivity index (χ0n) is 16.8. The van der Waals surface area contributed by atoms with E-state index in [1.54, 1.807) is 48.5 Å². The van der Waals surface area contributed by atoms with E-state index in [1.165, 1.54) is 48.5 Å². The quantitative estimate of drug-likeness (QED) is 0.339. The molecule has 0 aromatic heterocycles. The molecule has 0 radical (unpaired) electrons. The molecule has 0 spiro atoms. The maximum Gasteiger partial charge on any atom is 0.193 e. The fourth-order valence-electron chi connectivity index (χ4n) is 2.67. The van der Waals surface area contributed by atoms with Crippen LogP contribution >= 0.6 is 0 Å². The highest BCUT2D eigenvalue weighted by Gasteiger charge is 2.08. The van der Waals surface area contributed by atoms with Crippen LogP contribution < -0.4 is 0 Å². The van der Waals surface area contributed by atoms with Crippen LogP contribution in [0.2, 0.25) is 0 Å². The third-order valence-corrected chi connectivity index (χ3v) is 5.76. The van der Waals surface area contributed by atoms with Crippen LogP contribution in [0, 0.1) is 0 Å². The number of benzene rings is 4. The number of hydrogen-bond donors (Lipinski definition) is 4. The summed E-state index contributed by atoms with van der Waals surface area (Å²) in [7, 11) is -1.29. The van der Waals surface area contributed by atoms with E-state index in [0.717, 1.165) is 0 Å². The first kappa shape index (κ1) is 22.6. The van der Waals surface area contributed by atoms with E-state index in [1.807, 2.05) is 0 Å². The first-order chi connectivity index (χ1) is 15.3. The summed E-state index contributed by atoms with van der Waals surface area (Å²) >= 11 is 0. The Labute approximate surface area is 187 Å². The summed E-state index contributed by atoms with van der Waals surface area (Å²) in [5, 5.41) is 36.4. The molecule has 0 saturated heterocycles. The Kier molecular flexibility index (Phi) is 7.25. The van der Waals surface area contributed by atoms with Crippen molar-refractivity contribution in [2.75, 3.05) is 0 Å². The molecular weight excluding hydrogens is 428 g/mol. The van der Waals surface area contributed by atoms with Crippen LogP contribution in [0.4, 0.5) is 0 Å². The van der Waals surface area contributed by atoms with Crippen molar-refractivity contribution in [3.8, 4) is 23.0 Å². The van der Waals surface area contributed by atoms with Crippen molar-refractivity contribution in [2.45, 2.75) is 9.79 Å². The molecule has 0 heterocycles. The van der Waals surface area contributed by atoms with Crippen molar-refractivity contribution < 1.29 is 29.4 Å². The number of carbonyl (C=O) groups is 1. The van der Waals surface area contributed by atoms with E-state index in [0.29, 0.717) is 20.9 Å². The van der Waals surface area contributed by atoms with Gasteiger partial charge in [0.1, 0.15) is 23.0 Å². The van der Waals surface area contributed by atoms with E-state index in [-0.39, 0.29) is 28.8 Å². The van der Waals surface area contributed by atoms with Crippen molar-refractivity contribution >= 4 is 16.6 Å². The summed E-state index contributed by atoms with van der Waals surface area (Å²) in [5.41, 5.74) is 1.01. The molecule has 0 aliphatic rings. The third kappa shape index (κ3) is 5.96. The number of rotatable bonds is 4. The van der Waals surface area contributed by atoms with E-state index >= 15 is 0 Å². The zero-order chi connectivity index (χ0) is 23.1. The molecule has 4 N–H and O–H groups in total. The van der Waals surface area contributed by atoms with E-state index < -0.39 is 10.8 Å². The molecule has 0 atom stereocenters. The molecule has 4 rings (SSSR count). The lowest BCUT2D eigenvalue weighted by Gasteiger charge is -2.02. The minimum absolute atomic E-state index is 0.127. The predicted molar refractivity (Wildman–Crippen MR) is 121 cm³/mol. The van der Waals surface area contributed by atoms with Gasteiger partial charge >= 0.3 is 0 Å². The van der Waals surface area contributed by atoms with Crippen LogP contribution in [0.25, 0.3) is 0 Å². The van der Waals surface area contributed by atoms with Crippen molar-refractivity contribution in [1.29, 1.82) is 0 Å². The van der Waals surface area contributed by atoms with Gasteiger partial charge in [-0.25, -0.2) is 4.21 Å². The van der Waals surface area contributed by atoms with Crippen molar-refractivity contribution in [3.63, 3.8) is 0 Å². The van der Waals surface area contributed by atoms with Crippen LogP contribution in [0.3, 0.4) is 0 Å². The van der Waals surface area contributed by atoms with Gasteiger partial charge in [-0.15, -0.1) is 0 Å². The second kappa shape index (κ2) is 10.3. The Morgan fingerprint density at radius 1 is 0.469 bits per heavy atom. The number of carbonyl (C=O) groups excluding carboxylic acids is 1. The fourth-order valence-corrected chi connectivity index (χ4v) is 3.71. The second-order valence-electron chi connectivity index (χ2n) is 6.68. The molecule has 0 saturated carbocycles. The molecule has 4 aromatic rings. The molecule has 7 heteroatoms. The number of phenols is 4. The molecule has 6 nitrogen and oxygen atoms in total. The van der Waals surface area contributed by atoms with E-state index in [9.17, 15) is 9.00 Å². The Hall–Kier alpha value is -4.10. The second-order valence-corrected chi connectivity index (χ2v) is 8.16. The van der Waals surface area contributed by atoms with Crippen molar-refractivity contribution in [1.82, 2.24) is 0 Å². The first-order valence-electron chi connectivity index (χ1n) is 9.46. The van der Waals surface area contributed by atoms with Gasteiger partial charge in [0.25, 0.3) is 0 Å². The molecule has 32 heavy (non-hydrogen) atoms. The van der Waals surface area contributed by atoms with Gasteiger partial charge in [-0.1, -0.05) is 0 Å². The first-order valence-corrected chi connectivity index (χ1v) is 10.6. The average Bonchev–Trinajstić information content (AvgIpc) is 2.81. The zero-order valence-corrected chi connectivity index (χ0v) is 17.6. The van der Waals surface area contributed by atoms with Crippen LogP contribution in [-0.4, -0.2) is 30.4 Å². The van der Waals surface area contributed by atoms with Crippen LogP contribution in [0.1, 0.15) is 15.9 Å². The molecule has 0 aliphatic heterocycles. The van der Waals surface area contributed by atoms with E-state index in [2.05, 4.69) is 0 Å². The maximum absolute atomic E-state index is 12.0. The minimum atomic E-state index is -1.29. The smallest absolute Gasteiger partial charge is 0.193 e. The highest BCUT2D eigenvalue weighted by atomic mass is 32.2. The van der Waals surface area contributed by atoms with Gasteiger partial charge < -0.3 is 20.4 Å². The SMILES string of the molecule is O=C(c1ccc(O)cc1)c1ccc(O)cc1.O=S(c1ccc(O)cc1)c1ccc(O)cc1. The van der Waals surface area contributed by atoms with Gasteiger partial charge in [-0.3, -0.25) is 4.79 Å². The lowest BCUT2D eigenvalue weighted by molar-refractivity contribution is 0.103. The number of phenolic OH excluding ortho intramolecular Hbond substituents is 4. The summed E-state index contributed by atoms with van der Waals surface area (Å²) in [4.78, 5) is 13.1. The Morgan fingerprint density at radius 3 is 1.00 bits per heavy atom. The molecule has 162 valence electrons. The number of aromatic hydroxyl groups is 4. The Balaban J connectivity index is 0.000000181. The average molecular weight is 448 g/mol. The topological polar surface area (TPSA) is 115 Å². The Morgan fingerprint density at radius 2 is 0.719 bits per heavy atom.